The summed E-state index contributed by atoms with van der Waals surface area (Å²) in [6, 6.07) is 9.87. The van der Waals surface area contributed by atoms with Crippen LogP contribution in [-0.4, -0.2) is 67.8 Å². The Morgan fingerprint density at radius 3 is 2.62 bits per heavy atom. The SMILES string of the molecule is CCC(=O)[C@@H]1CCN1c1cc(C(=O)CC[C@H](C)N(CC)CC)cc(-c2cnn3ccc(-c4cccs4)nc23)n1. The molecular weight excluding hydrogens is 508 g/mol. The number of nitrogens with zero attached hydrogens (tertiary/aromatic N) is 6. The van der Waals surface area contributed by atoms with Gasteiger partial charge in [0, 0.05) is 37.2 Å². The maximum Gasteiger partial charge on any atom is 0.165 e. The number of ketones is 2. The van der Waals surface area contributed by atoms with Crippen molar-refractivity contribution < 1.29 is 9.59 Å². The smallest absolute Gasteiger partial charge is 0.165 e. The van der Waals surface area contributed by atoms with Gasteiger partial charge in [0.05, 0.1) is 34.1 Å². The predicted octanol–water partition coefficient (Wildman–Crippen LogP) is 5.77. The van der Waals surface area contributed by atoms with Crippen LogP contribution in [0.5, 0.6) is 0 Å². The number of anilines is 1. The standard InChI is InChI=1S/C30H36N6O2S/c1-5-26(37)25-13-14-35(25)29-18-21(27(38)11-10-20(4)34(6-2)7-3)17-24(32-29)22-19-31-36-15-12-23(33-30(22)36)28-9-8-16-39-28/h8-9,12,15-20,25H,5-7,10-11,13-14H2,1-4H3/t20-,25-/m0/s1. The van der Waals surface area contributed by atoms with E-state index < -0.39 is 0 Å². The Hall–Kier alpha value is -3.43. The van der Waals surface area contributed by atoms with Crippen molar-refractivity contribution in [2.75, 3.05) is 24.5 Å². The number of pyridine rings is 1. The maximum absolute atomic E-state index is 13.5. The van der Waals surface area contributed by atoms with Crippen LogP contribution in [0, 0.1) is 0 Å². The summed E-state index contributed by atoms with van der Waals surface area (Å²) in [7, 11) is 0. The molecule has 1 fully saturated rings. The van der Waals surface area contributed by atoms with Gasteiger partial charge in [-0.15, -0.1) is 11.3 Å². The number of carbonyl (C=O) groups excluding carboxylic acids is 2. The molecule has 8 nitrogen and oxygen atoms in total. The van der Waals surface area contributed by atoms with Crippen molar-refractivity contribution in [2.45, 2.75) is 65.5 Å². The summed E-state index contributed by atoms with van der Waals surface area (Å²) in [4.78, 5) is 41.4. The molecule has 1 aliphatic heterocycles. The van der Waals surface area contributed by atoms with Gasteiger partial charge in [-0.3, -0.25) is 9.59 Å². The summed E-state index contributed by atoms with van der Waals surface area (Å²) in [5.74, 6) is 0.952. The monoisotopic (exact) mass is 544 g/mol. The highest BCUT2D eigenvalue weighted by atomic mass is 32.1. The molecular formula is C30H36N6O2S. The lowest BCUT2D eigenvalue weighted by atomic mass is 9.96. The van der Waals surface area contributed by atoms with E-state index in [4.69, 9.17) is 9.97 Å². The van der Waals surface area contributed by atoms with Crippen molar-refractivity contribution in [1.82, 2.24) is 24.5 Å². The lowest BCUT2D eigenvalue weighted by molar-refractivity contribution is -0.121. The van der Waals surface area contributed by atoms with Crippen LogP contribution in [0.1, 0.15) is 63.7 Å². The van der Waals surface area contributed by atoms with E-state index in [-0.39, 0.29) is 17.6 Å². The van der Waals surface area contributed by atoms with E-state index in [0.717, 1.165) is 48.6 Å². The molecule has 5 rings (SSSR count). The Morgan fingerprint density at radius 2 is 1.95 bits per heavy atom. The fourth-order valence-electron chi connectivity index (χ4n) is 5.32. The van der Waals surface area contributed by atoms with Crippen LogP contribution in [-0.2, 0) is 4.79 Å². The third-order valence-electron chi connectivity index (χ3n) is 7.81. The molecule has 0 radical (unpaired) electrons. The first-order valence-electron chi connectivity index (χ1n) is 13.9. The molecule has 5 heterocycles. The second kappa shape index (κ2) is 11.8. The fraction of sp³-hybridized carbons (Fsp3) is 0.433. The highest BCUT2D eigenvalue weighted by Gasteiger charge is 2.34. The summed E-state index contributed by atoms with van der Waals surface area (Å²) in [5, 5.41) is 6.55. The molecule has 0 amide bonds. The van der Waals surface area contributed by atoms with Gasteiger partial charge in [-0.2, -0.15) is 5.10 Å². The Labute approximate surface area is 233 Å². The number of rotatable bonds is 12. The number of thiophene rings is 1. The lowest BCUT2D eigenvalue weighted by Crippen LogP contribution is -2.52. The molecule has 0 N–H and O–H groups in total. The van der Waals surface area contributed by atoms with Crippen molar-refractivity contribution in [3.63, 3.8) is 0 Å². The molecule has 204 valence electrons. The zero-order valence-corrected chi connectivity index (χ0v) is 23.9. The molecule has 0 unspecified atom stereocenters. The molecule has 4 aromatic heterocycles. The van der Waals surface area contributed by atoms with Gasteiger partial charge in [0.15, 0.2) is 17.2 Å². The van der Waals surface area contributed by atoms with E-state index in [1.54, 1.807) is 22.0 Å². The molecule has 0 spiro atoms. The van der Waals surface area contributed by atoms with Crippen molar-refractivity contribution in [1.29, 1.82) is 0 Å². The summed E-state index contributed by atoms with van der Waals surface area (Å²) in [6.45, 7) is 11.1. The van der Waals surface area contributed by atoms with Gasteiger partial charge in [0.2, 0.25) is 0 Å². The van der Waals surface area contributed by atoms with E-state index in [1.807, 2.05) is 53.7 Å². The fourth-order valence-corrected chi connectivity index (χ4v) is 6.01. The van der Waals surface area contributed by atoms with Crippen LogP contribution in [0.4, 0.5) is 5.82 Å². The normalized spacial score (nSPS) is 16.0. The van der Waals surface area contributed by atoms with Gasteiger partial charge in [-0.25, -0.2) is 14.5 Å². The van der Waals surface area contributed by atoms with Crippen LogP contribution >= 0.6 is 11.3 Å². The maximum atomic E-state index is 13.5. The van der Waals surface area contributed by atoms with Gasteiger partial charge in [-0.05, 0) is 62.5 Å². The van der Waals surface area contributed by atoms with Crippen molar-refractivity contribution in [2.24, 2.45) is 0 Å². The summed E-state index contributed by atoms with van der Waals surface area (Å²) < 4.78 is 1.74. The third kappa shape index (κ3) is 5.51. The molecule has 2 atom stereocenters. The Kier molecular flexibility index (Phi) is 8.18. The predicted molar refractivity (Wildman–Crippen MR) is 157 cm³/mol. The Bertz CT molecular complexity index is 1460. The molecule has 1 saturated heterocycles. The molecule has 0 saturated carbocycles. The second-order valence-corrected chi connectivity index (χ2v) is 11.0. The Balaban J connectivity index is 1.52. The number of hydrogen-bond acceptors (Lipinski definition) is 8. The first kappa shape index (κ1) is 27.1. The van der Waals surface area contributed by atoms with E-state index in [2.05, 4.69) is 30.8 Å². The van der Waals surface area contributed by atoms with Crippen LogP contribution in [0.2, 0.25) is 0 Å². The lowest BCUT2D eigenvalue weighted by Gasteiger charge is -2.41. The first-order valence-corrected chi connectivity index (χ1v) is 14.8. The number of hydrogen-bond donors (Lipinski definition) is 0. The molecule has 39 heavy (non-hydrogen) atoms. The van der Waals surface area contributed by atoms with Crippen molar-refractivity contribution in [3.8, 4) is 21.8 Å². The summed E-state index contributed by atoms with van der Waals surface area (Å²) in [6.07, 6.45) is 6.19. The minimum absolute atomic E-state index is 0.0847. The highest BCUT2D eigenvalue weighted by Crippen LogP contribution is 2.32. The van der Waals surface area contributed by atoms with Crippen LogP contribution in [0.25, 0.3) is 27.5 Å². The van der Waals surface area contributed by atoms with Gasteiger partial charge in [-0.1, -0.05) is 26.8 Å². The summed E-state index contributed by atoms with van der Waals surface area (Å²) >= 11 is 1.64. The molecule has 0 aromatic carbocycles. The number of fused-ring (bicyclic) bond motifs is 1. The van der Waals surface area contributed by atoms with Crippen LogP contribution < -0.4 is 4.90 Å². The zero-order valence-electron chi connectivity index (χ0n) is 23.1. The topological polar surface area (TPSA) is 83.7 Å². The summed E-state index contributed by atoms with van der Waals surface area (Å²) in [5.41, 5.74) is 3.58. The minimum Gasteiger partial charge on any atom is -0.346 e. The van der Waals surface area contributed by atoms with Crippen molar-refractivity contribution >= 4 is 34.4 Å². The van der Waals surface area contributed by atoms with Crippen LogP contribution in [0.15, 0.2) is 48.1 Å². The molecule has 0 aliphatic carbocycles. The van der Waals surface area contributed by atoms with E-state index in [0.29, 0.717) is 41.6 Å². The number of aromatic nitrogens is 4. The zero-order chi connectivity index (χ0) is 27.5. The largest absolute Gasteiger partial charge is 0.346 e. The van der Waals surface area contributed by atoms with E-state index in [9.17, 15) is 9.59 Å². The molecule has 0 bridgehead atoms. The van der Waals surface area contributed by atoms with E-state index in [1.165, 1.54) is 0 Å². The van der Waals surface area contributed by atoms with E-state index >= 15 is 0 Å². The van der Waals surface area contributed by atoms with Crippen LogP contribution in [0.3, 0.4) is 0 Å². The molecule has 4 aromatic rings. The Morgan fingerprint density at radius 1 is 1.13 bits per heavy atom. The molecule has 1 aliphatic rings. The third-order valence-corrected chi connectivity index (χ3v) is 8.70. The number of Topliss-reactive ketones (excluding diaryl/α,β-unsaturated/α-hetero) is 2. The van der Waals surface area contributed by atoms with Crippen molar-refractivity contribution in [3.05, 3.63) is 53.7 Å². The number of carbonyl (C=O) groups is 2. The molecule has 9 heteroatoms. The van der Waals surface area contributed by atoms with Gasteiger partial charge < -0.3 is 9.80 Å². The average molecular weight is 545 g/mol. The van der Waals surface area contributed by atoms with Gasteiger partial charge in [0.1, 0.15) is 5.82 Å². The average Bonchev–Trinajstić information content (AvgIpc) is 3.61. The highest BCUT2D eigenvalue weighted by molar-refractivity contribution is 7.13. The van der Waals surface area contributed by atoms with Gasteiger partial charge in [0.25, 0.3) is 0 Å². The second-order valence-electron chi connectivity index (χ2n) is 10.1. The quantitative estimate of drug-likeness (QED) is 0.209. The van der Waals surface area contributed by atoms with Gasteiger partial charge >= 0.3 is 0 Å². The first-order chi connectivity index (χ1) is 18.9. The minimum atomic E-state index is -0.184.